The van der Waals surface area contributed by atoms with Crippen LogP contribution in [0.25, 0.3) is 0 Å². The Hall–Kier alpha value is -2.00. The van der Waals surface area contributed by atoms with Gasteiger partial charge in [0.25, 0.3) is 0 Å². The molecule has 1 aliphatic heterocycles. The largest absolute Gasteiger partial charge is 0.368 e. The van der Waals surface area contributed by atoms with Gasteiger partial charge in [-0.15, -0.1) is 0 Å². The summed E-state index contributed by atoms with van der Waals surface area (Å²) in [6.07, 6.45) is 8.54. The summed E-state index contributed by atoms with van der Waals surface area (Å²) in [4.78, 5) is 5.08. The van der Waals surface area contributed by atoms with Crippen molar-refractivity contribution in [1.82, 2.24) is 5.32 Å². The van der Waals surface area contributed by atoms with Gasteiger partial charge in [-0.05, 0) is 43.0 Å². The predicted octanol–water partition coefficient (Wildman–Crippen LogP) is 5.46. The molecule has 2 aromatic carbocycles. The van der Waals surface area contributed by atoms with Gasteiger partial charge in [0.15, 0.2) is 0 Å². The van der Waals surface area contributed by atoms with Crippen molar-refractivity contribution in [3.63, 3.8) is 0 Å². The molecule has 0 spiro atoms. The van der Waals surface area contributed by atoms with E-state index >= 15 is 0 Å². The molecular formula is C26H37N3. The minimum atomic E-state index is 0.598. The number of nitrogens with zero attached hydrogens (tertiary/aromatic N) is 2. The third-order valence-electron chi connectivity index (χ3n) is 6.79. The first-order valence-corrected chi connectivity index (χ1v) is 11.7. The van der Waals surface area contributed by atoms with Gasteiger partial charge < -0.3 is 15.1 Å². The fourth-order valence-electron chi connectivity index (χ4n) is 5.10. The van der Waals surface area contributed by atoms with Crippen LogP contribution >= 0.6 is 0 Å². The molecule has 4 rings (SSSR count). The summed E-state index contributed by atoms with van der Waals surface area (Å²) in [7, 11) is 0. The molecule has 0 aromatic heterocycles. The van der Waals surface area contributed by atoms with Crippen molar-refractivity contribution in [1.29, 1.82) is 0 Å². The van der Waals surface area contributed by atoms with Crippen LogP contribution in [0.5, 0.6) is 0 Å². The van der Waals surface area contributed by atoms with E-state index in [-0.39, 0.29) is 0 Å². The van der Waals surface area contributed by atoms with Crippen LogP contribution in [0.15, 0.2) is 54.6 Å². The molecule has 1 unspecified atom stereocenters. The number of hydrogen-bond acceptors (Lipinski definition) is 3. The first-order valence-electron chi connectivity index (χ1n) is 11.7. The van der Waals surface area contributed by atoms with Crippen LogP contribution in [0.3, 0.4) is 0 Å². The molecule has 1 atom stereocenters. The third-order valence-corrected chi connectivity index (χ3v) is 6.79. The van der Waals surface area contributed by atoms with E-state index in [4.69, 9.17) is 0 Å². The molecule has 3 heteroatoms. The highest BCUT2D eigenvalue weighted by atomic mass is 15.3. The second kappa shape index (κ2) is 10.2. The maximum atomic E-state index is 3.82. The van der Waals surface area contributed by atoms with E-state index < -0.39 is 0 Å². The maximum Gasteiger partial charge on any atom is 0.0413 e. The monoisotopic (exact) mass is 391 g/mol. The lowest BCUT2D eigenvalue weighted by molar-refractivity contribution is 0.304. The normalized spacial score (nSPS) is 19.3. The van der Waals surface area contributed by atoms with Gasteiger partial charge in [-0.25, -0.2) is 0 Å². The van der Waals surface area contributed by atoms with E-state index in [0.717, 1.165) is 38.6 Å². The molecule has 3 nitrogen and oxygen atoms in total. The zero-order valence-electron chi connectivity index (χ0n) is 18.0. The summed E-state index contributed by atoms with van der Waals surface area (Å²) in [6, 6.07) is 20.4. The second-order valence-electron chi connectivity index (χ2n) is 8.96. The highest BCUT2D eigenvalue weighted by molar-refractivity contribution is 5.56. The van der Waals surface area contributed by atoms with Gasteiger partial charge in [-0.2, -0.15) is 0 Å². The zero-order chi connectivity index (χ0) is 19.9. The highest BCUT2D eigenvalue weighted by Gasteiger charge is 2.20. The predicted molar refractivity (Wildman–Crippen MR) is 125 cm³/mol. The SMILES string of the molecule is CC(CC1CCCCC1)NCc1ccccc1N1CCN(c2ccccc2)CC1. The summed E-state index contributed by atoms with van der Waals surface area (Å²) >= 11 is 0. The van der Waals surface area contributed by atoms with Gasteiger partial charge in [0.1, 0.15) is 0 Å². The minimum Gasteiger partial charge on any atom is -0.368 e. The van der Waals surface area contributed by atoms with E-state index in [0.29, 0.717) is 6.04 Å². The second-order valence-corrected chi connectivity index (χ2v) is 8.96. The van der Waals surface area contributed by atoms with Gasteiger partial charge >= 0.3 is 0 Å². The van der Waals surface area contributed by atoms with Crippen LogP contribution in [-0.4, -0.2) is 32.2 Å². The molecule has 1 heterocycles. The smallest absolute Gasteiger partial charge is 0.0413 e. The number of anilines is 2. The van der Waals surface area contributed by atoms with E-state index in [1.807, 2.05) is 0 Å². The number of piperazine rings is 1. The standard InChI is InChI=1S/C26H37N3/c1-22(20-23-10-4-2-5-11-23)27-21-24-12-8-9-15-26(24)29-18-16-28(17-19-29)25-13-6-3-7-14-25/h3,6-9,12-15,22-23,27H,2,4-5,10-11,16-21H2,1H3. The number of benzene rings is 2. The van der Waals surface area contributed by atoms with Crippen LogP contribution < -0.4 is 15.1 Å². The van der Waals surface area contributed by atoms with Crippen molar-refractivity contribution in [3.05, 3.63) is 60.2 Å². The fraction of sp³-hybridized carbons (Fsp3) is 0.538. The molecule has 156 valence electrons. The molecule has 2 aliphatic rings. The first kappa shape index (κ1) is 20.3. The Morgan fingerprint density at radius 2 is 1.48 bits per heavy atom. The molecule has 2 fully saturated rings. The van der Waals surface area contributed by atoms with Crippen LogP contribution in [0.1, 0.15) is 51.0 Å². The Morgan fingerprint density at radius 1 is 0.828 bits per heavy atom. The molecule has 0 bridgehead atoms. The van der Waals surface area contributed by atoms with Crippen LogP contribution in [0.2, 0.25) is 0 Å². The van der Waals surface area contributed by atoms with Gasteiger partial charge in [-0.1, -0.05) is 68.5 Å². The average molecular weight is 392 g/mol. The lowest BCUT2D eigenvalue weighted by Crippen LogP contribution is -2.47. The summed E-state index contributed by atoms with van der Waals surface area (Å²) in [5.41, 5.74) is 4.20. The Morgan fingerprint density at radius 3 is 2.24 bits per heavy atom. The van der Waals surface area contributed by atoms with Crippen LogP contribution in [0.4, 0.5) is 11.4 Å². The summed E-state index contributed by atoms with van der Waals surface area (Å²) < 4.78 is 0. The number of hydrogen-bond donors (Lipinski definition) is 1. The molecule has 1 saturated heterocycles. The molecular weight excluding hydrogens is 354 g/mol. The molecule has 1 N–H and O–H groups in total. The first-order chi connectivity index (χ1) is 14.3. The molecule has 1 aliphatic carbocycles. The Kier molecular flexibility index (Phi) is 7.10. The van der Waals surface area contributed by atoms with Crippen molar-refractivity contribution in [2.45, 2.75) is 58.0 Å². The van der Waals surface area contributed by atoms with Gasteiger partial charge in [-0.3, -0.25) is 0 Å². The van der Waals surface area contributed by atoms with Crippen molar-refractivity contribution in [3.8, 4) is 0 Å². The lowest BCUT2D eigenvalue weighted by atomic mass is 9.85. The quantitative estimate of drug-likeness (QED) is 0.676. The Bertz CT molecular complexity index is 731. The summed E-state index contributed by atoms with van der Waals surface area (Å²) in [6.45, 7) is 7.69. The zero-order valence-corrected chi connectivity index (χ0v) is 18.0. The van der Waals surface area contributed by atoms with Gasteiger partial charge in [0, 0.05) is 50.1 Å². The van der Waals surface area contributed by atoms with E-state index in [1.54, 1.807) is 0 Å². The lowest BCUT2D eigenvalue weighted by Gasteiger charge is -2.38. The van der Waals surface area contributed by atoms with Crippen LogP contribution in [0, 0.1) is 5.92 Å². The summed E-state index contributed by atoms with van der Waals surface area (Å²) in [5, 5.41) is 3.82. The number of para-hydroxylation sites is 2. The minimum absolute atomic E-state index is 0.598. The van der Waals surface area contributed by atoms with Crippen molar-refractivity contribution in [2.24, 2.45) is 5.92 Å². The molecule has 0 radical (unpaired) electrons. The van der Waals surface area contributed by atoms with Crippen molar-refractivity contribution in [2.75, 3.05) is 36.0 Å². The van der Waals surface area contributed by atoms with Crippen LogP contribution in [-0.2, 0) is 6.54 Å². The highest BCUT2D eigenvalue weighted by Crippen LogP contribution is 2.28. The Labute approximate surface area is 177 Å². The number of rotatable bonds is 7. The third kappa shape index (κ3) is 5.54. The maximum absolute atomic E-state index is 3.82. The van der Waals surface area contributed by atoms with E-state index in [9.17, 15) is 0 Å². The van der Waals surface area contributed by atoms with Crippen molar-refractivity contribution >= 4 is 11.4 Å². The average Bonchev–Trinajstić information content (AvgIpc) is 2.79. The molecule has 2 aromatic rings. The Balaban J connectivity index is 1.31. The molecule has 29 heavy (non-hydrogen) atoms. The molecule has 0 amide bonds. The fourth-order valence-corrected chi connectivity index (χ4v) is 5.10. The van der Waals surface area contributed by atoms with E-state index in [2.05, 4.69) is 76.6 Å². The summed E-state index contributed by atoms with van der Waals surface area (Å²) in [5.74, 6) is 0.938. The van der Waals surface area contributed by atoms with Gasteiger partial charge in [0.2, 0.25) is 0 Å². The topological polar surface area (TPSA) is 18.5 Å². The van der Waals surface area contributed by atoms with Gasteiger partial charge in [0.05, 0.1) is 0 Å². The van der Waals surface area contributed by atoms with Crippen molar-refractivity contribution < 1.29 is 0 Å². The number of nitrogens with one attached hydrogen (secondary N) is 1. The molecule has 1 saturated carbocycles. The van der Waals surface area contributed by atoms with E-state index in [1.165, 1.54) is 55.5 Å².